The lowest BCUT2D eigenvalue weighted by Crippen LogP contribution is -2.56. The molecule has 1 fully saturated rings. The van der Waals surface area contributed by atoms with Crippen LogP contribution in [-0.4, -0.2) is 48.9 Å². The summed E-state index contributed by atoms with van der Waals surface area (Å²) in [6.45, 7) is 3.66. The minimum absolute atomic E-state index is 0.120. The number of halogens is 2. The number of hydrogen-bond acceptors (Lipinski definition) is 6. The molecule has 0 aromatic heterocycles. The van der Waals surface area contributed by atoms with Gasteiger partial charge in [0.15, 0.2) is 0 Å². The molecule has 2 aromatic carbocycles. The number of hydrogen-bond donors (Lipinski definition) is 2. The second kappa shape index (κ2) is 9.94. The highest BCUT2D eigenvalue weighted by Gasteiger charge is 2.54. The molecule has 2 aromatic rings. The van der Waals surface area contributed by atoms with E-state index < -0.39 is 5.54 Å². The number of esters is 1. The summed E-state index contributed by atoms with van der Waals surface area (Å²) < 4.78 is 10.8. The van der Waals surface area contributed by atoms with Crippen molar-refractivity contribution >= 4 is 34.9 Å². The zero-order chi connectivity index (χ0) is 24.5. The predicted molar refractivity (Wildman–Crippen MR) is 135 cm³/mol. The molecular formula is C26H32Cl2N2O4. The number of benzene rings is 2. The van der Waals surface area contributed by atoms with Crippen LogP contribution in [0.5, 0.6) is 5.75 Å². The third-order valence-corrected chi connectivity index (χ3v) is 7.93. The Balaban J connectivity index is 1.70. The van der Waals surface area contributed by atoms with E-state index in [1.807, 2.05) is 37.3 Å². The van der Waals surface area contributed by atoms with Crippen LogP contribution < -0.4 is 10.1 Å². The van der Waals surface area contributed by atoms with E-state index in [2.05, 4.69) is 16.3 Å². The van der Waals surface area contributed by atoms with E-state index in [1.54, 1.807) is 7.11 Å². The highest BCUT2D eigenvalue weighted by molar-refractivity contribution is 6.32. The number of carbonyl (C=O) groups excluding carboxylic acids is 1. The van der Waals surface area contributed by atoms with Gasteiger partial charge in [-0.15, -0.1) is 0 Å². The van der Waals surface area contributed by atoms with Crippen molar-refractivity contribution in [3.05, 3.63) is 57.6 Å². The van der Waals surface area contributed by atoms with Crippen LogP contribution in [0.15, 0.2) is 36.4 Å². The third-order valence-electron chi connectivity index (χ3n) is 7.40. The Labute approximate surface area is 211 Å². The van der Waals surface area contributed by atoms with E-state index in [0.717, 1.165) is 31.6 Å². The summed E-state index contributed by atoms with van der Waals surface area (Å²) in [6, 6.07) is 11.4. The molecule has 0 saturated heterocycles. The molecule has 2 N–H and O–H groups in total. The van der Waals surface area contributed by atoms with Gasteiger partial charge in [0.25, 0.3) is 0 Å². The number of rotatable bonds is 7. The van der Waals surface area contributed by atoms with Crippen molar-refractivity contribution in [3.63, 3.8) is 0 Å². The summed E-state index contributed by atoms with van der Waals surface area (Å²) in [4.78, 5) is 15.5. The molecule has 0 unspecified atom stereocenters. The number of ether oxygens (including phenoxy) is 2. The molecule has 8 heteroatoms. The van der Waals surface area contributed by atoms with Crippen molar-refractivity contribution in [1.82, 2.24) is 4.90 Å². The van der Waals surface area contributed by atoms with Gasteiger partial charge in [-0.25, -0.2) is 4.79 Å². The monoisotopic (exact) mass is 506 g/mol. The molecule has 4 rings (SSSR count). The first-order valence-corrected chi connectivity index (χ1v) is 12.4. The molecule has 1 aliphatic heterocycles. The van der Waals surface area contributed by atoms with Crippen LogP contribution >= 0.6 is 23.2 Å². The number of methoxy groups -OCH3 is 2. The van der Waals surface area contributed by atoms with Gasteiger partial charge in [-0.2, -0.15) is 0 Å². The molecule has 2 aliphatic rings. The van der Waals surface area contributed by atoms with Crippen LogP contribution in [0.2, 0.25) is 10.0 Å². The summed E-state index contributed by atoms with van der Waals surface area (Å²) in [5, 5.41) is 14.4. The fraction of sp³-hybridized carbons (Fsp3) is 0.500. The number of aliphatic hydroxyl groups is 1. The normalized spacial score (nSPS) is 25.1. The fourth-order valence-electron chi connectivity index (χ4n) is 5.61. The Morgan fingerprint density at radius 2 is 1.91 bits per heavy atom. The zero-order valence-corrected chi connectivity index (χ0v) is 21.4. The van der Waals surface area contributed by atoms with Gasteiger partial charge in [0.05, 0.1) is 19.2 Å². The SMILES string of the molecule is COC(=O)C1(Nc2cccc(Cl)c2)CCC2(CC1)c1cc(OC)c(Cl)cc1CN2C[C@@H](C)CO. The lowest BCUT2D eigenvalue weighted by atomic mass is 9.69. The van der Waals surface area contributed by atoms with E-state index in [-0.39, 0.29) is 24.0 Å². The highest BCUT2D eigenvalue weighted by atomic mass is 35.5. The molecule has 184 valence electrons. The molecule has 1 spiro atoms. The number of nitrogens with zero attached hydrogens (tertiary/aromatic N) is 1. The molecule has 0 radical (unpaired) electrons. The molecule has 1 aliphatic carbocycles. The summed E-state index contributed by atoms with van der Waals surface area (Å²) >= 11 is 12.7. The van der Waals surface area contributed by atoms with E-state index in [9.17, 15) is 9.90 Å². The van der Waals surface area contributed by atoms with Gasteiger partial charge in [0.2, 0.25) is 0 Å². The van der Waals surface area contributed by atoms with Crippen molar-refractivity contribution in [3.8, 4) is 5.75 Å². The first kappa shape index (κ1) is 25.1. The molecule has 1 saturated carbocycles. The Hall–Kier alpha value is -1.99. The Morgan fingerprint density at radius 1 is 1.18 bits per heavy atom. The Bertz CT molecular complexity index is 1050. The van der Waals surface area contributed by atoms with Crippen LogP contribution in [0.4, 0.5) is 5.69 Å². The fourth-order valence-corrected chi connectivity index (χ4v) is 6.06. The number of aliphatic hydroxyl groups excluding tert-OH is 1. The van der Waals surface area contributed by atoms with Crippen LogP contribution in [0.1, 0.15) is 43.7 Å². The Morgan fingerprint density at radius 3 is 2.53 bits per heavy atom. The third kappa shape index (κ3) is 4.49. The first-order valence-electron chi connectivity index (χ1n) is 11.6. The van der Waals surface area contributed by atoms with E-state index in [4.69, 9.17) is 32.7 Å². The number of fused-ring (bicyclic) bond motifs is 2. The van der Waals surface area contributed by atoms with Crippen molar-refractivity contribution in [2.75, 3.05) is 32.7 Å². The molecule has 34 heavy (non-hydrogen) atoms. The van der Waals surface area contributed by atoms with E-state index in [1.165, 1.54) is 18.2 Å². The van der Waals surface area contributed by atoms with Crippen molar-refractivity contribution in [2.24, 2.45) is 5.92 Å². The van der Waals surface area contributed by atoms with Gasteiger partial charge in [0.1, 0.15) is 11.3 Å². The maximum absolute atomic E-state index is 13.1. The van der Waals surface area contributed by atoms with Crippen molar-refractivity contribution in [1.29, 1.82) is 0 Å². The molecule has 6 nitrogen and oxygen atoms in total. The predicted octanol–water partition coefficient (Wildman–Crippen LogP) is 5.24. The van der Waals surface area contributed by atoms with Gasteiger partial charge < -0.3 is 19.9 Å². The van der Waals surface area contributed by atoms with Gasteiger partial charge in [-0.1, -0.05) is 36.2 Å². The number of anilines is 1. The van der Waals surface area contributed by atoms with Crippen molar-refractivity contribution in [2.45, 2.75) is 50.2 Å². The lowest BCUT2D eigenvalue weighted by molar-refractivity contribution is -0.148. The van der Waals surface area contributed by atoms with Gasteiger partial charge in [-0.3, -0.25) is 4.90 Å². The second-order valence-corrected chi connectivity index (χ2v) is 10.4. The topological polar surface area (TPSA) is 71.0 Å². The Kier molecular flexibility index (Phi) is 7.34. The van der Waals surface area contributed by atoms with Crippen LogP contribution in [0.3, 0.4) is 0 Å². The van der Waals surface area contributed by atoms with Crippen LogP contribution in [0, 0.1) is 5.92 Å². The summed E-state index contributed by atoms with van der Waals surface area (Å²) in [7, 11) is 3.06. The maximum Gasteiger partial charge on any atom is 0.331 e. The molecular weight excluding hydrogens is 475 g/mol. The maximum atomic E-state index is 13.1. The zero-order valence-electron chi connectivity index (χ0n) is 19.9. The summed E-state index contributed by atoms with van der Waals surface area (Å²) in [5.41, 5.74) is 2.03. The molecule has 1 heterocycles. The highest BCUT2D eigenvalue weighted by Crippen LogP contribution is 2.53. The average molecular weight is 507 g/mol. The van der Waals surface area contributed by atoms with Gasteiger partial charge in [-0.05, 0) is 73.1 Å². The summed E-state index contributed by atoms with van der Waals surface area (Å²) in [6.07, 6.45) is 2.65. The minimum Gasteiger partial charge on any atom is -0.495 e. The molecule has 0 bridgehead atoms. The lowest BCUT2D eigenvalue weighted by Gasteiger charge is -2.49. The minimum atomic E-state index is -0.849. The van der Waals surface area contributed by atoms with Gasteiger partial charge >= 0.3 is 5.97 Å². The van der Waals surface area contributed by atoms with E-state index in [0.29, 0.717) is 28.6 Å². The van der Waals surface area contributed by atoms with Crippen molar-refractivity contribution < 1.29 is 19.4 Å². The summed E-state index contributed by atoms with van der Waals surface area (Å²) in [5.74, 6) is 0.503. The van der Waals surface area contributed by atoms with Gasteiger partial charge in [0, 0.05) is 35.9 Å². The standard InChI is InChI=1S/C26H32Cl2N2O4/c1-17(16-31)14-30-15-18-11-22(28)23(33-2)13-21(18)26(30)9-7-25(8-10-26,24(32)34-3)29-20-6-4-5-19(27)12-20/h4-6,11-13,17,29,31H,7-10,14-16H2,1-3H3/t17-,25?,26?/m1/s1. The number of carbonyl (C=O) groups is 1. The average Bonchev–Trinajstić information content (AvgIpc) is 3.10. The second-order valence-electron chi connectivity index (χ2n) is 9.55. The number of nitrogens with one attached hydrogen (secondary N) is 1. The smallest absolute Gasteiger partial charge is 0.331 e. The largest absolute Gasteiger partial charge is 0.495 e. The molecule has 1 atom stereocenters. The van der Waals surface area contributed by atoms with E-state index >= 15 is 0 Å². The van der Waals surface area contributed by atoms with Crippen LogP contribution in [-0.2, 0) is 21.6 Å². The quantitative estimate of drug-likeness (QED) is 0.500. The molecule has 0 amide bonds. The first-order chi connectivity index (χ1) is 16.3. The van der Waals surface area contributed by atoms with Crippen LogP contribution in [0.25, 0.3) is 0 Å².